The van der Waals surface area contributed by atoms with E-state index in [1.165, 1.54) is 0 Å². The molecule has 0 heterocycles. The van der Waals surface area contributed by atoms with E-state index in [0.717, 1.165) is 0 Å². The zero-order chi connectivity index (χ0) is 8.85. The molecule has 0 radical (unpaired) electrons. The van der Waals surface area contributed by atoms with Crippen LogP contribution in [-0.2, 0) is 4.79 Å². The van der Waals surface area contributed by atoms with E-state index in [0.29, 0.717) is 13.1 Å². The summed E-state index contributed by atoms with van der Waals surface area (Å²) in [5.74, 6) is -0.715. The van der Waals surface area contributed by atoms with Crippen LogP contribution in [0.3, 0.4) is 0 Å². The molecule has 66 valence electrons. The van der Waals surface area contributed by atoms with Gasteiger partial charge in [0, 0.05) is 13.1 Å². The standard InChI is InChI=1S/C7H16N2O2/c1-5(2)6(7(10)11)9-4-3-8/h5-6,9H,3-4,8H2,1-2H3,(H,10,11)/t6-/m0/s1. The Bertz CT molecular complexity index is 126. The van der Waals surface area contributed by atoms with E-state index in [1.807, 2.05) is 13.8 Å². The van der Waals surface area contributed by atoms with Crippen molar-refractivity contribution in [3.8, 4) is 0 Å². The third-order valence-corrected chi connectivity index (χ3v) is 1.44. The molecule has 0 amide bonds. The Hall–Kier alpha value is -0.610. The normalized spacial score (nSPS) is 13.5. The van der Waals surface area contributed by atoms with Crippen LogP contribution < -0.4 is 11.1 Å². The lowest BCUT2D eigenvalue weighted by Gasteiger charge is -2.16. The highest BCUT2D eigenvalue weighted by Gasteiger charge is 2.19. The summed E-state index contributed by atoms with van der Waals surface area (Å²) in [6.07, 6.45) is 0. The maximum Gasteiger partial charge on any atom is 0.320 e. The number of carboxylic acids is 1. The fourth-order valence-corrected chi connectivity index (χ4v) is 0.847. The van der Waals surface area contributed by atoms with E-state index in [-0.39, 0.29) is 5.92 Å². The summed E-state index contributed by atoms with van der Waals surface area (Å²) in [4.78, 5) is 10.5. The van der Waals surface area contributed by atoms with Crippen molar-refractivity contribution in [2.45, 2.75) is 19.9 Å². The van der Waals surface area contributed by atoms with Gasteiger partial charge in [0.25, 0.3) is 0 Å². The zero-order valence-electron chi connectivity index (χ0n) is 7.00. The minimum atomic E-state index is -0.812. The summed E-state index contributed by atoms with van der Waals surface area (Å²) >= 11 is 0. The zero-order valence-corrected chi connectivity index (χ0v) is 7.00. The molecule has 0 fully saturated rings. The van der Waals surface area contributed by atoms with Crippen LogP contribution in [0.25, 0.3) is 0 Å². The van der Waals surface area contributed by atoms with Gasteiger partial charge in [0.1, 0.15) is 6.04 Å². The molecule has 0 aromatic rings. The minimum Gasteiger partial charge on any atom is -0.480 e. The summed E-state index contributed by atoms with van der Waals surface area (Å²) in [5, 5.41) is 11.5. The smallest absolute Gasteiger partial charge is 0.320 e. The molecule has 0 spiro atoms. The number of carboxylic acid groups (broad SMARTS) is 1. The van der Waals surface area contributed by atoms with Gasteiger partial charge in [0.05, 0.1) is 0 Å². The number of aliphatic carboxylic acids is 1. The molecule has 4 nitrogen and oxygen atoms in total. The lowest BCUT2D eigenvalue weighted by molar-refractivity contribution is -0.140. The fraction of sp³-hybridized carbons (Fsp3) is 0.857. The van der Waals surface area contributed by atoms with Gasteiger partial charge >= 0.3 is 5.97 Å². The van der Waals surface area contributed by atoms with Gasteiger partial charge in [0.15, 0.2) is 0 Å². The summed E-state index contributed by atoms with van der Waals surface area (Å²) < 4.78 is 0. The highest BCUT2D eigenvalue weighted by Crippen LogP contribution is 2.00. The average Bonchev–Trinajstić information content (AvgIpc) is 1.87. The van der Waals surface area contributed by atoms with E-state index in [1.54, 1.807) is 0 Å². The molecule has 1 atom stereocenters. The highest BCUT2D eigenvalue weighted by atomic mass is 16.4. The third kappa shape index (κ3) is 3.95. The number of hydrogen-bond acceptors (Lipinski definition) is 3. The van der Waals surface area contributed by atoms with Gasteiger partial charge in [-0.25, -0.2) is 0 Å². The van der Waals surface area contributed by atoms with Gasteiger partial charge in [-0.05, 0) is 5.92 Å². The van der Waals surface area contributed by atoms with E-state index in [9.17, 15) is 4.79 Å². The molecule has 0 aliphatic rings. The Morgan fingerprint density at radius 1 is 1.64 bits per heavy atom. The molecule has 0 bridgehead atoms. The first-order valence-electron chi connectivity index (χ1n) is 3.75. The number of rotatable bonds is 5. The number of nitrogens with one attached hydrogen (secondary N) is 1. The average molecular weight is 160 g/mol. The Morgan fingerprint density at radius 3 is 2.45 bits per heavy atom. The fourth-order valence-electron chi connectivity index (χ4n) is 0.847. The van der Waals surface area contributed by atoms with Crippen molar-refractivity contribution >= 4 is 5.97 Å². The van der Waals surface area contributed by atoms with Gasteiger partial charge in [0.2, 0.25) is 0 Å². The van der Waals surface area contributed by atoms with Crippen molar-refractivity contribution in [2.24, 2.45) is 11.7 Å². The highest BCUT2D eigenvalue weighted by molar-refractivity contribution is 5.73. The predicted octanol–water partition coefficient (Wildman–Crippen LogP) is -0.356. The van der Waals surface area contributed by atoms with E-state index in [4.69, 9.17) is 10.8 Å². The summed E-state index contributed by atoms with van der Waals surface area (Å²) in [6, 6.07) is -0.474. The van der Waals surface area contributed by atoms with Gasteiger partial charge in [-0.2, -0.15) is 0 Å². The second kappa shape index (κ2) is 5.09. The molecule has 0 rings (SSSR count). The first kappa shape index (κ1) is 10.4. The Labute approximate surface area is 66.8 Å². The quantitative estimate of drug-likeness (QED) is 0.513. The number of carbonyl (C=O) groups is 1. The second-order valence-corrected chi connectivity index (χ2v) is 2.80. The van der Waals surface area contributed by atoms with Crippen molar-refractivity contribution in [1.82, 2.24) is 5.32 Å². The van der Waals surface area contributed by atoms with Crippen LogP contribution in [0.1, 0.15) is 13.8 Å². The minimum absolute atomic E-state index is 0.0963. The van der Waals surface area contributed by atoms with Gasteiger partial charge < -0.3 is 16.2 Å². The molecule has 0 unspecified atom stereocenters. The maximum atomic E-state index is 10.5. The molecule has 0 aliphatic carbocycles. The lowest BCUT2D eigenvalue weighted by Crippen LogP contribution is -2.43. The van der Waals surface area contributed by atoms with Crippen LogP contribution >= 0.6 is 0 Å². The van der Waals surface area contributed by atoms with Crippen LogP contribution in [0.15, 0.2) is 0 Å². The van der Waals surface area contributed by atoms with Crippen LogP contribution in [0, 0.1) is 5.92 Å². The van der Waals surface area contributed by atoms with Crippen LogP contribution in [-0.4, -0.2) is 30.2 Å². The monoisotopic (exact) mass is 160 g/mol. The summed E-state index contributed by atoms with van der Waals surface area (Å²) in [7, 11) is 0. The van der Waals surface area contributed by atoms with Gasteiger partial charge in [-0.3, -0.25) is 4.79 Å². The summed E-state index contributed by atoms with van der Waals surface area (Å²) in [6.45, 7) is 4.75. The Kier molecular flexibility index (Phi) is 4.81. The molecular formula is C7H16N2O2. The maximum absolute atomic E-state index is 10.5. The molecule has 0 saturated heterocycles. The topological polar surface area (TPSA) is 75.3 Å². The van der Waals surface area contributed by atoms with Crippen molar-refractivity contribution < 1.29 is 9.90 Å². The Morgan fingerprint density at radius 2 is 2.18 bits per heavy atom. The molecule has 4 heteroatoms. The Balaban J connectivity index is 3.80. The second-order valence-electron chi connectivity index (χ2n) is 2.80. The van der Waals surface area contributed by atoms with Crippen molar-refractivity contribution in [3.63, 3.8) is 0 Å². The van der Waals surface area contributed by atoms with Gasteiger partial charge in [-0.15, -0.1) is 0 Å². The van der Waals surface area contributed by atoms with Crippen LogP contribution in [0.4, 0.5) is 0 Å². The molecule has 11 heavy (non-hydrogen) atoms. The van der Waals surface area contributed by atoms with Gasteiger partial charge in [-0.1, -0.05) is 13.8 Å². The van der Waals surface area contributed by atoms with E-state index < -0.39 is 12.0 Å². The van der Waals surface area contributed by atoms with Crippen LogP contribution in [0.5, 0.6) is 0 Å². The number of nitrogens with two attached hydrogens (primary N) is 1. The van der Waals surface area contributed by atoms with E-state index in [2.05, 4.69) is 5.32 Å². The lowest BCUT2D eigenvalue weighted by atomic mass is 10.1. The van der Waals surface area contributed by atoms with Crippen molar-refractivity contribution in [1.29, 1.82) is 0 Å². The molecule has 4 N–H and O–H groups in total. The third-order valence-electron chi connectivity index (χ3n) is 1.44. The van der Waals surface area contributed by atoms with E-state index >= 15 is 0 Å². The first-order chi connectivity index (χ1) is 5.09. The predicted molar refractivity (Wildman–Crippen MR) is 43.3 cm³/mol. The SMILES string of the molecule is CC(C)[C@H](NCCN)C(=O)O. The first-order valence-corrected chi connectivity index (χ1v) is 3.75. The summed E-state index contributed by atoms with van der Waals surface area (Å²) in [5.41, 5.74) is 5.22. The molecule has 0 saturated carbocycles. The van der Waals surface area contributed by atoms with Crippen molar-refractivity contribution in [2.75, 3.05) is 13.1 Å². The largest absolute Gasteiger partial charge is 0.480 e. The number of hydrogen-bond donors (Lipinski definition) is 3. The van der Waals surface area contributed by atoms with Crippen molar-refractivity contribution in [3.05, 3.63) is 0 Å². The molecule has 0 aromatic carbocycles. The van der Waals surface area contributed by atoms with Crippen LogP contribution in [0.2, 0.25) is 0 Å². The molecular weight excluding hydrogens is 144 g/mol. The molecule has 0 aliphatic heterocycles. The molecule has 0 aromatic heterocycles.